The Morgan fingerprint density at radius 1 is 1.11 bits per heavy atom. The van der Waals surface area contributed by atoms with Crippen LogP contribution in [0.4, 0.5) is 0 Å². The van der Waals surface area contributed by atoms with Crippen molar-refractivity contribution in [3.8, 4) is 17.6 Å². The Morgan fingerprint density at radius 3 is 2.57 bits per heavy atom. The smallest absolute Gasteiger partial charge is 0.151 e. The second-order valence-electron chi connectivity index (χ2n) is 6.55. The van der Waals surface area contributed by atoms with Crippen molar-refractivity contribution < 1.29 is 9.47 Å². The van der Waals surface area contributed by atoms with Gasteiger partial charge in [0.05, 0.1) is 29.8 Å². The highest BCUT2D eigenvalue weighted by molar-refractivity contribution is 5.91. The first kappa shape index (κ1) is 19.5. The second-order valence-corrected chi connectivity index (χ2v) is 6.55. The molecule has 0 aliphatic rings. The topological polar surface area (TPSA) is 60.1 Å². The molecule has 0 atom stereocenters. The van der Waals surface area contributed by atoms with E-state index in [1.807, 2.05) is 60.2 Å². The molecule has 0 fully saturated rings. The molecule has 0 radical (unpaired) electrons. The van der Waals surface area contributed by atoms with Gasteiger partial charge in [-0.05, 0) is 43.2 Å². The van der Waals surface area contributed by atoms with Crippen LogP contribution in [0.15, 0.2) is 42.5 Å². The van der Waals surface area contributed by atoms with Crippen LogP contribution >= 0.6 is 0 Å². The van der Waals surface area contributed by atoms with Gasteiger partial charge in [0.2, 0.25) is 0 Å². The molecule has 5 heteroatoms. The number of allylic oxidation sites excluding steroid dienone is 1. The third-order valence-corrected chi connectivity index (χ3v) is 4.37. The maximum Gasteiger partial charge on any atom is 0.151 e. The van der Waals surface area contributed by atoms with E-state index in [4.69, 9.17) is 9.47 Å². The molecule has 1 heterocycles. The SMILES string of the molecule is CCCOc1ccc(C=C(C#N)c2nc3ccccc3n2C)c(OCCC)c1. The van der Waals surface area contributed by atoms with Crippen LogP contribution in [-0.4, -0.2) is 22.8 Å². The van der Waals surface area contributed by atoms with Gasteiger partial charge in [-0.3, -0.25) is 0 Å². The normalized spacial score (nSPS) is 11.4. The molecule has 0 saturated heterocycles. The van der Waals surface area contributed by atoms with E-state index in [2.05, 4.69) is 24.9 Å². The molecule has 0 saturated carbocycles. The second kappa shape index (κ2) is 9.09. The van der Waals surface area contributed by atoms with Gasteiger partial charge in [-0.1, -0.05) is 26.0 Å². The number of nitrogens with zero attached hydrogens (tertiary/aromatic N) is 3. The van der Waals surface area contributed by atoms with Crippen LogP contribution in [-0.2, 0) is 7.05 Å². The zero-order valence-corrected chi connectivity index (χ0v) is 16.6. The molecule has 0 N–H and O–H groups in total. The van der Waals surface area contributed by atoms with Gasteiger partial charge in [-0.15, -0.1) is 0 Å². The largest absolute Gasteiger partial charge is 0.493 e. The summed E-state index contributed by atoms with van der Waals surface area (Å²) in [6.07, 6.45) is 3.67. The molecule has 0 unspecified atom stereocenters. The van der Waals surface area contributed by atoms with Crippen LogP contribution in [0.1, 0.15) is 38.1 Å². The van der Waals surface area contributed by atoms with Crippen molar-refractivity contribution in [2.75, 3.05) is 13.2 Å². The Bertz CT molecular complexity index is 1030. The van der Waals surface area contributed by atoms with Crippen molar-refractivity contribution in [3.05, 3.63) is 53.9 Å². The third-order valence-electron chi connectivity index (χ3n) is 4.37. The minimum absolute atomic E-state index is 0.488. The molecule has 3 rings (SSSR count). The third kappa shape index (κ3) is 4.17. The van der Waals surface area contributed by atoms with Gasteiger partial charge >= 0.3 is 0 Å². The van der Waals surface area contributed by atoms with Crippen molar-refractivity contribution in [2.45, 2.75) is 26.7 Å². The molecule has 0 aliphatic carbocycles. The Kier molecular flexibility index (Phi) is 6.33. The Morgan fingerprint density at radius 2 is 1.86 bits per heavy atom. The monoisotopic (exact) mass is 375 g/mol. The van der Waals surface area contributed by atoms with E-state index in [9.17, 15) is 5.26 Å². The van der Waals surface area contributed by atoms with E-state index in [0.29, 0.717) is 30.4 Å². The van der Waals surface area contributed by atoms with Gasteiger partial charge < -0.3 is 14.0 Å². The van der Waals surface area contributed by atoms with E-state index in [1.165, 1.54) is 0 Å². The number of nitriles is 1. The molecule has 1 aromatic heterocycles. The van der Waals surface area contributed by atoms with E-state index in [1.54, 1.807) is 0 Å². The highest BCUT2D eigenvalue weighted by atomic mass is 16.5. The number of hydrogen-bond acceptors (Lipinski definition) is 4. The van der Waals surface area contributed by atoms with Crippen LogP contribution in [0.2, 0.25) is 0 Å². The van der Waals surface area contributed by atoms with Gasteiger partial charge in [-0.2, -0.15) is 5.26 Å². The van der Waals surface area contributed by atoms with Gasteiger partial charge in [-0.25, -0.2) is 4.98 Å². The van der Waals surface area contributed by atoms with E-state index >= 15 is 0 Å². The van der Waals surface area contributed by atoms with Crippen LogP contribution < -0.4 is 9.47 Å². The van der Waals surface area contributed by atoms with Crippen molar-refractivity contribution in [1.29, 1.82) is 5.26 Å². The first-order valence-corrected chi connectivity index (χ1v) is 9.61. The first-order valence-electron chi connectivity index (χ1n) is 9.61. The standard InChI is InChI=1S/C23H25N3O2/c1-4-12-27-19-11-10-17(22(15-19)28-13-5-2)14-18(16-24)23-25-20-8-6-7-9-21(20)26(23)3/h6-11,14-15H,4-5,12-13H2,1-3H3. The number of hydrogen-bond donors (Lipinski definition) is 0. The van der Waals surface area contributed by atoms with Gasteiger partial charge in [0.25, 0.3) is 0 Å². The lowest BCUT2D eigenvalue weighted by atomic mass is 10.1. The molecular weight excluding hydrogens is 350 g/mol. The molecule has 144 valence electrons. The van der Waals surface area contributed by atoms with E-state index in [0.717, 1.165) is 35.2 Å². The molecule has 5 nitrogen and oxygen atoms in total. The molecule has 0 amide bonds. The molecular formula is C23H25N3O2. The number of ether oxygens (including phenoxy) is 2. The van der Waals surface area contributed by atoms with Crippen molar-refractivity contribution >= 4 is 22.7 Å². The average Bonchev–Trinajstić information content (AvgIpc) is 3.06. The summed E-state index contributed by atoms with van der Waals surface area (Å²) in [4.78, 5) is 4.64. The lowest BCUT2D eigenvalue weighted by Crippen LogP contribution is -2.00. The molecule has 3 aromatic rings. The fourth-order valence-corrected chi connectivity index (χ4v) is 2.97. The Labute approximate surface area is 165 Å². The van der Waals surface area contributed by atoms with E-state index in [-0.39, 0.29) is 0 Å². The van der Waals surface area contributed by atoms with Crippen LogP contribution in [0.3, 0.4) is 0 Å². The summed E-state index contributed by atoms with van der Waals surface area (Å²) in [5.74, 6) is 2.12. The van der Waals surface area contributed by atoms with E-state index < -0.39 is 0 Å². The van der Waals surface area contributed by atoms with Gasteiger partial charge in [0.1, 0.15) is 17.6 Å². The summed E-state index contributed by atoms with van der Waals surface area (Å²) < 4.78 is 13.6. The summed E-state index contributed by atoms with van der Waals surface area (Å²) in [6, 6.07) is 15.9. The van der Waals surface area contributed by atoms with Gasteiger partial charge in [0, 0.05) is 18.7 Å². The predicted octanol–water partition coefficient (Wildman–Crippen LogP) is 5.22. The average molecular weight is 375 g/mol. The van der Waals surface area contributed by atoms with Crippen molar-refractivity contribution in [3.63, 3.8) is 0 Å². The number of benzene rings is 2. The van der Waals surface area contributed by atoms with Crippen LogP contribution in [0, 0.1) is 11.3 Å². The first-order chi connectivity index (χ1) is 13.7. The molecule has 28 heavy (non-hydrogen) atoms. The Balaban J connectivity index is 2.03. The molecule has 2 aromatic carbocycles. The molecule has 0 bridgehead atoms. The minimum atomic E-state index is 0.488. The Hall–Kier alpha value is -3.26. The maximum atomic E-state index is 9.79. The summed E-state index contributed by atoms with van der Waals surface area (Å²) in [5.41, 5.74) is 3.18. The number of aryl methyl sites for hydroxylation is 1. The van der Waals surface area contributed by atoms with Crippen LogP contribution in [0.25, 0.3) is 22.7 Å². The maximum absolute atomic E-state index is 9.79. The lowest BCUT2D eigenvalue weighted by Gasteiger charge is -2.12. The highest BCUT2D eigenvalue weighted by Crippen LogP contribution is 2.30. The minimum Gasteiger partial charge on any atom is -0.493 e. The quantitative estimate of drug-likeness (QED) is 0.507. The van der Waals surface area contributed by atoms with Gasteiger partial charge in [0.15, 0.2) is 5.82 Å². The number of aromatic nitrogens is 2. The summed E-state index contributed by atoms with van der Waals surface area (Å²) in [6.45, 7) is 5.40. The summed E-state index contributed by atoms with van der Waals surface area (Å²) in [5, 5.41) is 9.79. The summed E-state index contributed by atoms with van der Waals surface area (Å²) in [7, 11) is 1.92. The fraction of sp³-hybridized carbons (Fsp3) is 0.304. The summed E-state index contributed by atoms with van der Waals surface area (Å²) >= 11 is 0. The van der Waals surface area contributed by atoms with Crippen molar-refractivity contribution in [1.82, 2.24) is 9.55 Å². The van der Waals surface area contributed by atoms with Crippen LogP contribution in [0.5, 0.6) is 11.5 Å². The number of fused-ring (bicyclic) bond motifs is 1. The fourth-order valence-electron chi connectivity index (χ4n) is 2.97. The number of imidazole rings is 1. The predicted molar refractivity (Wildman–Crippen MR) is 112 cm³/mol. The lowest BCUT2D eigenvalue weighted by molar-refractivity contribution is 0.301. The zero-order valence-electron chi connectivity index (χ0n) is 16.6. The molecule has 0 spiro atoms. The zero-order chi connectivity index (χ0) is 19.9. The molecule has 0 aliphatic heterocycles. The number of rotatable bonds is 8. The highest BCUT2D eigenvalue weighted by Gasteiger charge is 2.13. The number of para-hydroxylation sites is 2. The van der Waals surface area contributed by atoms with Crippen molar-refractivity contribution in [2.24, 2.45) is 7.05 Å².